The number of fused-ring (bicyclic) bond motifs is 1. The van der Waals surface area contributed by atoms with Crippen LogP contribution >= 0.6 is 11.3 Å². The Bertz CT molecular complexity index is 1160. The van der Waals surface area contributed by atoms with E-state index in [1.165, 1.54) is 0 Å². The van der Waals surface area contributed by atoms with Gasteiger partial charge in [0.1, 0.15) is 18.2 Å². The summed E-state index contributed by atoms with van der Waals surface area (Å²) in [6.45, 7) is 4.53. The fourth-order valence-electron chi connectivity index (χ4n) is 3.71. The summed E-state index contributed by atoms with van der Waals surface area (Å²) in [5.74, 6) is 0.0433. The Labute approximate surface area is 172 Å². The van der Waals surface area contributed by atoms with Crippen LogP contribution < -0.4 is 5.56 Å². The molecule has 1 aliphatic heterocycles. The van der Waals surface area contributed by atoms with Crippen molar-refractivity contribution in [2.45, 2.75) is 39.2 Å². The van der Waals surface area contributed by atoms with Crippen molar-refractivity contribution < 1.29 is 4.79 Å². The molecule has 8 heteroatoms. The molecule has 29 heavy (non-hydrogen) atoms. The van der Waals surface area contributed by atoms with Crippen LogP contribution in [0.2, 0.25) is 0 Å². The quantitative estimate of drug-likeness (QED) is 0.666. The molecule has 0 saturated carbocycles. The number of aromatic nitrogens is 3. The highest BCUT2D eigenvalue weighted by Crippen LogP contribution is 2.33. The molecule has 0 radical (unpaired) electrons. The number of piperidine rings is 1. The van der Waals surface area contributed by atoms with Gasteiger partial charge in [-0.3, -0.25) is 9.59 Å². The summed E-state index contributed by atoms with van der Waals surface area (Å²) in [5, 5.41) is 14.5. The molecule has 0 N–H and O–H groups in total. The van der Waals surface area contributed by atoms with E-state index in [0.717, 1.165) is 32.7 Å². The van der Waals surface area contributed by atoms with E-state index >= 15 is 0 Å². The minimum atomic E-state index is -0.510. The van der Waals surface area contributed by atoms with Gasteiger partial charge in [-0.1, -0.05) is 12.1 Å². The van der Waals surface area contributed by atoms with Crippen molar-refractivity contribution in [1.82, 2.24) is 19.7 Å². The van der Waals surface area contributed by atoms with E-state index in [2.05, 4.69) is 11.2 Å². The van der Waals surface area contributed by atoms with Crippen LogP contribution in [0.4, 0.5) is 0 Å². The summed E-state index contributed by atoms with van der Waals surface area (Å²) in [7, 11) is 0. The van der Waals surface area contributed by atoms with Crippen LogP contribution in [0.3, 0.4) is 0 Å². The fraction of sp³-hybridized carbons (Fsp3) is 0.381. The molecule has 1 amide bonds. The number of benzene rings is 1. The van der Waals surface area contributed by atoms with Crippen LogP contribution in [0.5, 0.6) is 0 Å². The number of nitriles is 1. The summed E-state index contributed by atoms with van der Waals surface area (Å²) < 4.78 is 2.27. The highest BCUT2D eigenvalue weighted by Gasteiger charge is 2.27. The SMILES string of the molecule is Cc1nn(CC(=O)N2CCC[C@H](c3nc4ccccc4s3)C2)c(=O)c(C#N)c1C. The Morgan fingerprint density at radius 3 is 2.90 bits per heavy atom. The first-order valence-corrected chi connectivity index (χ1v) is 10.4. The van der Waals surface area contributed by atoms with Crippen molar-refractivity contribution in [1.29, 1.82) is 5.26 Å². The number of carbonyl (C=O) groups excluding carboxylic acids is 1. The molecule has 4 rings (SSSR count). The van der Waals surface area contributed by atoms with Gasteiger partial charge < -0.3 is 4.90 Å². The van der Waals surface area contributed by atoms with Gasteiger partial charge >= 0.3 is 0 Å². The third-order valence-corrected chi connectivity index (χ3v) is 6.67. The summed E-state index contributed by atoms with van der Waals surface area (Å²) in [4.78, 5) is 31.9. The first kappa shape index (κ1) is 19.3. The number of nitrogens with zero attached hydrogens (tertiary/aromatic N) is 5. The van der Waals surface area contributed by atoms with E-state index in [1.54, 1.807) is 30.1 Å². The van der Waals surface area contributed by atoms with Gasteiger partial charge in [-0.15, -0.1) is 11.3 Å². The van der Waals surface area contributed by atoms with Gasteiger partial charge in [-0.25, -0.2) is 9.67 Å². The minimum Gasteiger partial charge on any atom is -0.340 e. The number of amides is 1. The molecule has 7 nitrogen and oxygen atoms in total. The lowest BCUT2D eigenvalue weighted by Crippen LogP contribution is -2.43. The van der Waals surface area contributed by atoms with Gasteiger partial charge in [-0.2, -0.15) is 10.4 Å². The summed E-state index contributed by atoms with van der Waals surface area (Å²) in [6, 6.07) is 9.98. The molecule has 1 saturated heterocycles. The first-order chi connectivity index (χ1) is 14.0. The maximum atomic E-state index is 12.9. The highest BCUT2D eigenvalue weighted by molar-refractivity contribution is 7.18. The van der Waals surface area contributed by atoms with Gasteiger partial charge in [-0.05, 0) is 44.4 Å². The topological polar surface area (TPSA) is 91.9 Å². The average Bonchev–Trinajstić information content (AvgIpc) is 3.17. The van der Waals surface area contributed by atoms with Gasteiger partial charge in [0, 0.05) is 19.0 Å². The van der Waals surface area contributed by atoms with Crippen molar-refractivity contribution in [2.75, 3.05) is 13.1 Å². The van der Waals surface area contributed by atoms with Gasteiger partial charge in [0.2, 0.25) is 5.91 Å². The molecule has 3 heterocycles. The number of hydrogen-bond acceptors (Lipinski definition) is 6. The molecule has 2 aromatic heterocycles. The molecule has 1 aromatic carbocycles. The third-order valence-electron chi connectivity index (χ3n) is 5.47. The maximum Gasteiger partial charge on any atom is 0.285 e. The average molecular weight is 407 g/mol. The van der Waals surface area contributed by atoms with E-state index < -0.39 is 5.56 Å². The Balaban J connectivity index is 1.53. The molecule has 0 aliphatic carbocycles. The number of hydrogen-bond donors (Lipinski definition) is 0. The molecule has 1 aliphatic rings. The molecule has 0 bridgehead atoms. The minimum absolute atomic E-state index is 0.0521. The maximum absolute atomic E-state index is 12.9. The second kappa shape index (κ2) is 7.76. The van der Waals surface area contributed by atoms with Crippen LogP contribution in [0.15, 0.2) is 29.1 Å². The zero-order valence-corrected chi connectivity index (χ0v) is 17.2. The number of likely N-dealkylation sites (tertiary alicyclic amines) is 1. The fourth-order valence-corrected chi connectivity index (χ4v) is 4.80. The monoisotopic (exact) mass is 407 g/mol. The van der Waals surface area contributed by atoms with Crippen molar-refractivity contribution in [3.05, 3.63) is 56.4 Å². The standard InChI is InChI=1S/C21H21N5O2S/c1-13-14(2)24-26(21(28)16(13)10-22)12-19(27)25-9-5-6-15(11-25)20-23-17-7-3-4-8-18(17)29-20/h3-4,7-8,15H,5-6,9,11-12H2,1-2H3/t15-/m0/s1. The number of rotatable bonds is 3. The Morgan fingerprint density at radius 1 is 1.34 bits per heavy atom. The zero-order valence-electron chi connectivity index (χ0n) is 16.4. The highest BCUT2D eigenvalue weighted by atomic mass is 32.1. The molecule has 1 atom stereocenters. The normalized spacial score (nSPS) is 16.7. The Hall–Kier alpha value is -3.05. The van der Waals surface area contributed by atoms with E-state index in [-0.39, 0.29) is 23.9 Å². The van der Waals surface area contributed by atoms with Crippen LogP contribution in [0, 0.1) is 25.2 Å². The summed E-state index contributed by atoms with van der Waals surface area (Å²) in [6.07, 6.45) is 1.88. The van der Waals surface area contributed by atoms with Crippen molar-refractivity contribution >= 4 is 27.5 Å². The second-order valence-electron chi connectivity index (χ2n) is 7.36. The van der Waals surface area contributed by atoms with E-state index in [0.29, 0.717) is 24.3 Å². The summed E-state index contributed by atoms with van der Waals surface area (Å²) in [5.41, 5.74) is 1.68. The molecule has 0 unspecified atom stereocenters. The predicted molar refractivity (Wildman–Crippen MR) is 111 cm³/mol. The number of para-hydroxylation sites is 1. The van der Waals surface area contributed by atoms with Gasteiger partial charge in [0.25, 0.3) is 5.56 Å². The van der Waals surface area contributed by atoms with Crippen LogP contribution in [0.1, 0.15) is 40.6 Å². The van der Waals surface area contributed by atoms with Gasteiger partial charge in [0.05, 0.1) is 20.9 Å². The number of thiazole rings is 1. The third kappa shape index (κ3) is 3.66. The lowest BCUT2D eigenvalue weighted by Gasteiger charge is -2.32. The van der Waals surface area contributed by atoms with Crippen molar-refractivity contribution in [2.24, 2.45) is 0 Å². The largest absolute Gasteiger partial charge is 0.340 e. The Morgan fingerprint density at radius 2 is 2.14 bits per heavy atom. The molecular weight excluding hydrogens is 386 g/mol. The van der Waals surface area contributed by atoms with Gasteiger partial charge in [0.15, 0.2) is 0 Å². The van der Waals surface area contributed by atoms with Crippen molar-refractivity contribution in [3.63, 3.8) is 0 Å². The van der Waals surface area contributed by atoms with E-state index in [9.17, 15) is 14.9 Å². The lowest BCUT2D eigenvalue weighted by molar-refractivity contribution is -0.133. The smallest absolute Gasteiger partial charge is 0.285 e. The van der Waals surface area contributed by atoms with E-state index in [1.807, 2.05) is 24.3 Å². The molecule has 0 spiro atoms. The van der Waals surface area contributed by atoms with Crippen molar-refractivity contribution in [3.8, 4) is 6.07 Å². The van der Waals surface area contributed by atoms with Crippen LogP contribution in [-0.2, 0) is 11.3 Å². The molecule has 1 fully saturated rings. The van der Waals surface area contributed by atoms with Crippen LogP contribution in [-0.4, -0.2) is 38.7 Å². The van der Waals surface area contributed by atoms with Crippen LogP contribution in [0.25, 0.3) is 10.2 Å². The molecule has 148 valence electrons. The molecule has 3 aromatic rings. The summed E-state index contributed by atoms with van der Waals surface area (Å²) >= 11 is 1.68. The number of aryl methyl sites for hydroxylation is 1. The second-order valence-corrected chi connectivity index (χ2v) is 8.42. The van der Waals surface area contributed by atoms with E-state index in [4.69, 9.17) is 4.98 Å². The lowest BCUT2D eigenvalue weighted by atomic mass is 9.98. The first-order valence-electron chi connectivity index (χ1n) is 9.59. The zero-order chi connectivity index (χ0) is 20.5. The molecular formula is C21H21N5O2S. The Kier molecular flexibility index (Phi) is 5.16. The number of carbonyl (C=O) groups is 1. The predicted octanol–water partition coefficient (Wildman–Crippen LogP) is 2.75.